The molecule has 0 unspecified atom stereocenters. The quantitative estimate of drug-likeness (QED) is 0.745. The number of hydrogen-bond donors (Lipinski definition) is 1. The van der Waals surface area contributed by atoms with Crippen molar-refractivity contribution >= 4 is 11.8 Å². The molecule has 1 aromatic carbocycles. The van der Waals surface area contributed by atoms with Crippen LogP contribution in [0.3, 0.4) is 0 Å². The van der Waals surface area contributed by atoms with Crippen LogP contribution in [0.15, 0.2) is 24.3 Å². The highest BCUT2D eigenvalue weighted by Crippen LogP contribution is 2.37. The van der Waals surface area contributed by atoms with Crippen molar-refractivity contribution in [2.75, 3.05) is 33.7 Å². The van der Waals surface area contributed by atoms with Crippen LogP contribution in [0.25, 0.3) is 0 Å². The predicted molar refractivity (Wildman–Crippen MR) is 100 cm³/mol. The van der Waals surface area contributed by atoms with E-state index < -0.39 is 0 Å². The molecule has 1 aromatic rings. The number of carbonyl (C=O) groups excluding carboxylic acids is 2. The summed E-state index contributed by atoms with van der Waals surface area (Å²) in [5, 5.41) is 2.90. The molecule has 0 saturated heterocycles. The van der Waals surface area contributed by atoms with Gasteiger partial charge in [0, 0.05) is 38.5 Å². The maximum absolute atomic E-state index is 12.6. The number of hydrogen-bond acceptors (Lipinski definition) is 3. The Bertz CT molecular complexity index is 600. The van der Waals surface area contributed by atoms with Gasteiger partial charge in [0.25, 0.3) is 0 Å². The molecule has 5 heteroatoms. The van der Waals surface area contributed by atoms with Gasteiger partial charge < -0.3 is 15.1 Å². The molecular formula is C20H31N3O2. The fourth-order valence-corrected chi connectivity index (χ4v) is 2.91. The van der Waals surface area contributed by atoms with Gasteiger partial charge in [-0.2, -0.15) is 0 Å². The average Bonchev–Trinajstić information content (AvgIpc) is 3.28. The van der Waals surface area contributed by atoms with Crippen molar-refractivity contribution in [3.8, 4) is 0 Å². The van der Waals surface area contributed by atoms with E-state index in [-0.39, 0.29) is 17.7 Å². The first-order valence-corrected chi connectivity index (χ1v) is 9.12. The number of nitrogens with zero attached hydrogens (tertiary/aromatic N) is 2. The van der Waals surface area contributed by atoms with Crippen LogP contribution in [0.4, 0.5) is 0 Å². The van der Waals surface area contributed by atoms with Crippen molar-refractivity contribution in [3.05, 3.63) is 35.4 Å². The third kappa shape index (κ3) is 6.50. The van der Waals surface area contributed by atoms with Crippen LogP contribution in [0.5, 0.6) is 0 Å². The van der Waals surface area contributed by atoms with Gasteiger partial charge >= 0.3 is 0 Å². The molecule has 1 fully saturated rings. The largest absolute Gasteiger partial charge is 0.355 e. The van der Waals surface area contributed by atoms with E-state index in [0.717, 1.165) is 18.5 Å². The number of rotatable bonds is 9. The monoisotopic (exact) mass is 345 g/mol. The van der Waals surface area contributed by atoms with Gasteiger partial charge in [-0.15, -0.1) is 0 Å². The van der Waals surface area contributed by atoms with E-state index in [1.54, 1.807) is 0 Å². The van der Waals surface area contributed by atoms with Gasteiger partial charge in [0.2, 0.25) is 11.8 Å². The Morgan fingerprint density at radius 1 is 1.24 bits per heavy atom. The van der Waals surface area contributed by atoms with Crippen molar-refractivity contribution in [2.45, 2.75) is 33.2 Å². The minimum atomic E-state index is 0.0903. The maximum atomic E-state index is 12.6. The first-order chi connectivity index (χ1) is 11.9. The minimum absolute atomic E-state index is 0.0903. The molecule has 2 amide bonds. The van der Waals surface area contributed by atoms with E-state index in [0.29, 0.717) is 32.0 Å². The van der Waals surface area contributed by atoms with Crippen molar-refractivity contribution < 1.29 is 9.59 Å². The lowest BCUT2D eigenvalue weighted by Crippen LogP contribution is -2.38. The summed E-state index contributed by atoms with van der Waals surface area (Å²) in [6.45, 7) is 6.69. The summed E-state index contributed by atoms with van der Waals surface area (Å²) in [6, 6.07) is 8.26. The SMILES string of the molecule is Cc1cccc(CN(CCN(C)C)C(=O)CCNC(=O)[C@H]2C[C@H]2C)c1. The molecule has 0 aromatic heterocycles. The van der Waals surface area contributed by atoms with Gasteiger partial charge in [0.15, 0.2) is 0 Å². The van der Waals surface area contributed by atoms with Crippen LogP contribution < -0.4 is 5.32 Å². The van der Waals surface area contributed by atoms with Gasteiger partial charge in [-0.1, -0.05) is 36.8 Å². The summed E-state index contributed by atoms with van der Waals surface area (Å²) in [7, 11) is 4.01. The summed E-state index contributed by atoms with van der Waals surface area (Å²) < 4.78 is 0. The number of nitrogens with one attached hydrogen (secondary N) is 1. The van der Waals surface area contributed by atoms with Gasteiger partial charge in [-0.05, 0) is 38.9 Å². The molecule has 25 heavy (non-hydrogen) atoms. The summed E-state index contributed by atoms with van der Waals surface area (Å²) in [4.78, 5) is 28.5. The van der Waals surface area contributed by atoms with Crippen LogP contribution in [0.2, 0.25) is 0 Å². The van der Waals surface area contributed by atoms with Crippen LogP contribution in [-0.2, 0) is 16.1 Å². The maximum Gasteiger partial charge on any atom is 0.224 e. The third-order valence-electron chi connectivity index (χ3n) is 4.71. The van der Waals surface area contributed by atoms with Crippen molar-refractivity contribution in [2.24, 2.45) is 11.8 Å². The number of benzene rings is 1. The Hall–Kier alpha value is -1.88. The van der Waals surface area contributed by atoms with Crippen LogP contribution in [0, 0.1) is 18.8 Å². The average molecular weight is 345 g/mol. The molecule has 1 N–H and O–H groups in total. The molecule has 0 heterocycles. The number of amides is 2. The van der Waals surface area contributed by atoms with Crippen LogP contribution in [0.1, 0.15) is 30.9 Å². The van der Waals surface area contributed by atoms with E-state index in [2.05, 4.69) is 42.3 Å². The smallest absolute Gasteiger partial charge is 0.224 e. The molecular weight excluding hydrogens is 314 g/mol. The van der Waals surface area contributed by atoms with Gasteiger partial charge in [0.1, 0.15) is 0 Å². The van der Waals surface area contributed by atoms with Crippen molar-refractivity contribution in [1.82, 2.24) is 15.1 Å². The summed E-state index contributed by atoms with van der Waals surface area (Å²) >= 11 is 0. The highest BCUT2D eigenvalue weighted by Gasteiger charge is 2.38. The van der Waals surface area contributed by atoms with Crippen LogP contribution >= 0.6 is 0 Å². The Kier molecular flexibility index (Phi) is 7.00. The third-order valence-corrected chi connectivity index (χ3v) is 4.71. The minimum Gasteiger partial charge on any atom is -0.355 e. The molecule has 0 aliphatic heterocycles. The number of aryl methyl sites for hydroxylation is 1. The predicted octanol–water partition coefficient (Wildman–Crippen LogP) is 2.05. The molecule has 1 saturated carbocycles. The molecule has 2 atom stereocenters. The molecule has 138 valence electrons. The topological polar surface area (TPSA) is 52.6 Å². The van der Waals surface area contributed by atoms with Crippen LogP contribution in [-0.4, -0.2) is 55.3 Å². The highest BCUT2D eigenvalue weighted by atomic mass is 16.2. The Labute approximate surface area is 151 Å². The summed E-state index contributed by atoms with van der Waals surface area (Å²) in [5.74, 6) is 0.840. The van der Waals surface area contributed by atoms with Crippen molar-refractivity contribution in [1.29, 1.82) is 0 Å². The van der Waals surface area contributed by atoms with Gasteiger partial charge in [0.05, 0.1) is 0 Å². The van der Waals surface area contributed by atoms with E-state index in [9.17, 15) is 9.59 Å². The molecule has 0 spiro atoms. The second-order valence-electron chi connectivity index (χ2n) is 7.47. The van der Waals surface area contributed by atoms with Crippen molar-refractivity contribution in [3.63, 3.8) is 0 Å². The summed E-state index contributed by atoms with van der Waals surface area (Å²) in [5.41, 5.74) is 2.34. The fraction of sp³-hybridized carbons (Fsp3) is 0.600. The molecule has 2 rings (SSSR count). The van der Waals surface area contributed by atoms with E-state index in [4.69, 9.17) is 0 Å². The number of likely N-dealkylation sites (N-methyl/N-ethyl adjacent to an activating group) is 1. The zero-order valence-electron chi connectivity index (χ0n) is 15.9. The zero-order valence-corrected chi connectivity index (χ0v) is 15.9. The summed E-state index contributed by atoms with van der Waals surface area (Å²) in [6.07, 6.45) is 1.33. The normalized spacial score (nSPS) is 18.9. The zero-order chi connectivity index (χ0) is 18.4. The second kappa shape index (κ2) is 8.99. The first kappa shape index (κ1) is 19.4. The Morgan fingerprint density at radius 3 is 2.56 bits per heavy atom. The Morgan fingerprint density at radius 2 is 1.96 bits per heavy atom. The van der Waals surface area contributed by atoms with Gasteiger partial charge in [-0.25, -0.2) is 0 Å². The Balaban J connectivity index is 1.86. The lowest BCUT2D eigenvalue weighted by atomic mass is 10.1. The first-order valence-electron chi connectivity index (χ1n) is 9.12. The van der Waals surface area contributed by atoms with E-state index in [1.807, 2.05) is 25.1 Å². The molecule has 0 radical (unpaired) electrons. The number of carbonyl (C=O) groups is 2. The van der Waals surface area contributed by atoms with E-state index in [1.165, 1.54) is 5.56 Å². The lowest BCUT2D eigenvalue weighted by molar-refractivity contribution is -0.132. The van der Waals surface area contributed by atoms with E-state index >= 15 is 0 Å². The molecule has 0 bridgehead atoms. The molecule has 5 nitrogen and oxygen atoms in total. The molecule has 1 aliphatic carbocycles. The fourth-order valence-electron chi connectivity index (χ4n) is 2.91. The standard InChI is InChI=1S/C20H31N3O2/c1-15-6-5-7-17(12-15)14-23(11-10-22(3)4)19(24)8-9-21-20(25)18-13-16(18)2/h5-7,12,16,18H,8-11,13-14H2,1-4H3,(H,21,25)/t16-,18+/m1/s1. The lowest BCUT2D eigenvalue weighted by Gasteiger charge is -2.25. The molecule has 1 aliphatic rings. The van der Waals surface area contributed by atoms with Gasteiger partial charge in [-0.3, -0.25) is 9.59 Å². The second-order valence-corrected chi connectivity index (χ2v) is 7.47. The highest BCUT2D eigenvalue weighted by molar-refractivity contribution is 5.82.